The summed E-state index contributed by atoms with van der Waals surface area (Å²) in [5.41, 5.74) is -0.282. The fourth-order valence-electron chi connectivity index (χ4n) is 3.56. The molecule has 0 spiro atoms. The molecule has 0 saturated carbocycles. The van der Waals surface area contributed by atoms with Crippen LogP contribution in [0, 0.1) is 0 Å². The van der Waals surface area contributed by atoms with Crippen molar-refractivity contribution < 1.29 is 4.79 Å². The van der Waals surface area contributed by atoms with Crippen LogP contribution in [0.3, 0.4) is 0 Å². The molecule has 0 unspecified atom stereocenters. The second kappa shape index (κ2) is 8.47. The number of carbonyl (C=O) groups is 1. The summed E-state index contributed by atoms with van der Waals surface area (Å²) < 4.78 is 2.33. The molecule has 0 bridgehead atoms. The van der Waals surface area contributed by atoms with Gasteiger partial charge in [0.2, 0.25) is 0 Å². The Morgan fingerprint density at radius 3 is 2.52 bits per heavy atom. The fourth-order valence-corrected chi connectivity index (χ4v) is 3.56. The first-order chi connectivity index (χ1) is 13.0. The Morgan fingerprint density at radius 2 is 1.81 bits per heavy atom. The summed E-state index contributed by atoms with van der Waals surface area (Å²) in [6.45, 7) is 3.85. The van der Waals surface area contributed by atoms with Gasteiger partial charge < -0.3 is 10.2 Å². The molecule has 2 aromatic heterocycles. The fraction of sp³-hybridized carbons (Fsp3) is 0.579. The van der Waals surface area contributed by atoms with Gasteiger partial charge in [-0.15, -0.1) is 0 Å². The Bertz CT molecular complexity index is 939. The lowest BCUT2D eigenvalue weighted by atomic mass is 10.2. The summed E-state index contributed by atoms with van der Waals surface area (Å²) >= 11 is 0. The third-order valence-electron chi connectivity index (χ3n) is 5.19. The number of hydrogen-bond donors (Lipinski definition) is 1. The maximum absolute atomic E-state index is 12.4. The summed E-state index contributed by atoms with van der Waals surface area (Å²) in [6, 6.07) is 1.51. The third kappa shape index (κ3) is 4.27. The van der Waals surface area contributed by atoms with E-state index in [1.54, 1.807) is 7.05 Å². The number of carbonyl (C=O) groups excluding carboxylic acids is 1. The van der Waals surface area contributed by atoms with Crippen molar-refractivity contribution in [3.8, 4) is 0 Å². The van der Waals surface area contributed by atoms with Crippen molar-refractivity contribution in [2.75, 3.05) is 26.2 Å². The minimum atomic E-state index is -0.448. The number of aryl methyl sites for hydroxylation is 1. The zero-order valence-electron chi connectivity index (χ0n) is 16.0. The molecular weight excluding hydrogens is 346 g/mol. The molecule has 0 atom stereocenters. The zero-order chi connectivity index (χ0) is 19.4. The van der Waals surface area contributed by atoms with Crippen LogP contribution < -0.4 is 16.6 Å². The molecule has 1 N–H and O–H groups in total. The molecule has 0 aliphatic carbocycles. The maximum Gasteiger partial charge on any atom is 0.332 e. The molecule has 0 radical (unpaired) electrons. The first kappa shape index (κ1) is 19.3. The third-order valence-corrected chi connectivity index (χ3v) is 5.19. The summed E-state index contributed by atoms with van der Waals surface area (Å²) in [4.78, 5) is 43.3. The van der Waals surface area contributed by atoms with Gasteiger partial charge in [-0.3, -0.25) is 18.7 Å². The number of nitrogens with zero attached hydrogens (tertiary/aromatic N) is 4. The Labute approximate surface area is 157 Å². The first-order valence-corrected chi connectivity index (χ1v) is 9.55. The number of fused-ring (bicyclic) bond motifs is 1. The molecule has 27 heavy (non-hydrogen) atoms. The average molecular weight is 373 g/mol. The van der Waals surface area contributed by atoms with Gasteiger partial charge in [-0.05, 0) is 45.0 Å². The highest BCUT2D eigenvalue weighted by atomic mass is 16.2. The first-order valence-electron chi connectivity index (χ1n) is 9.55. The minimum Gasteiger partial charge on any atom is -0.352 e. The van der Waals surface area contributed by atoms with E-state index < -0.39 is 11.2 Å². The van der Waals surface area contributed by atoms with Gasteiger partial charge in [-0.1, -0.05) is 12.8 Å². The molecule has 0 aromatic carbocycles. The van der Waals surface area contributed by atoms with Gasteiger partial charge in [0.15, 0.2) is 0 Å². The van der Waals surface area contributed by atoms with Crippen molar-refractivity contribution in [3.63, 3.8) is 0 Å². The standard InChI is InChI=1S/C19H27N5O3/c1-22-16-15(18(26)23(2)19(22)27)12-14(13-21-16)17(25)20-8-7-11-24-9-5-3-4-6-10-24/h12-13H,3-11H2,1-2H3,(H,20,25). The summed E-state index contributed by atoms with van der Waals surface area (Å²) in [6.07, 6.45) is 7.44. The van der Waals surface area contributed by atoms with Crippen molar-refractivity contribution in [2.45, 2.75) is 32.1 Å². The highest BCUT2D eigenvalue weighted by Crippen LogP contribution is 2.10. The molecule has 1 aliphatic rings. The van der Waals surface area contributed by atoms with Crippen LogP contribution in [0.25, 0.3) is 11.0 Å². The van der Waals surface area contributed by atoms with Gasteiger partial charge in [-0.25, -0.2) is 9.78 Å². The molecule has 3 rings (SSSR count). The number of hydrogen-bond acceptors (Lipinski definition) is 5. The lowest BCUT2D eigenvalue weighted by Gasteiger charge is -2.19. The van der Waals surface area contributed by atoms with E-state index in [9.17, 15) is 14.4 Å². The van der Waals surface area contributed by atoms with Crippen LogP contribution >= 0.6 is 0 Å². The molecule has 1 fully saturated rings. The van der Waals surface area contributed by atoms with Crippen molar-refractivity contribution in [3.05, 3.63) is 38.7 Å². The highest BCUT2D eigenvalue weighted by molar-refractivity contribution is 5.96. The van der Waals surface area contributed by atoms with E-state index in [-0.39, 0.29) is 16.9 Å². The smallest absolute Gasteiger partial charge is 0.332 e. The van der Waals surface area contributed by atoms with Crippen molar-refractivity contribution in [1.29, 1.82) is 0 Å². The van der Waals surface area contributed by atoms with Crippen LogP contribution in [0.5, 0.6) is 0 Å². The largest absolute Gasteiger partial charge is 0.352 e. The van der Waals surface area contributed by atoms with Crippen LogP contribution in [0.15, 0.2) is 21.9 Å². The van der Waals surface area contributed by atoms with Crippen LogP contribution in [0.2, 0.25) is 0 Å². The minimum absolute atomic E-state index is 0.254. The molecule has 146 valence electrons. The van der Waals surface area contributed by atoms with Crippen molar-refractivity contribution in [1.82, 2.24) is 24.3 Å². The Kier molecular flexibility index (Phi) is 6.05. The van der Waals surface area contributed by atoms with Crippen molar-refractivity contribution in [2.24, 2.45) is 14.1 Å². The molecule has 8 nitrogen and oxygen atoms in total. The van der Waals surface area contributed by atoms with E-state index in [4.69, 9.17) is 0 Å². The number of amides is 1. The summed E-state index contributed by atoms with van der Waals surface area (Å²) in [5, 5.41) is 3.16. The highest BCUT2D eigenvalue weighted by Gasteiger charge is 2.14. The maximum atomic E-state index is 12.4. The molecular formula is C19H27N5O3. The molecule has 2 aromatic rings. The Balaban J connectivity index is 1.64. The molecule has 1 saturated heterocycles. The summed E-state index contributed by atoms with van der Waals surface area (Å²) in [5.74, 6) is -0.254. The predicted molar refractivity (Wildman–Crippen MR) is 104 cm³/mol. The van der Waals surface area contributed by atoms with Gasteiger partial charge >= 0.3 is 5.69 Å². The van der Waals surface area contributed by atoms with Crippen LogP contribution in [-0.4, -0.2) is 51.1 Å². The normalized spacial score (nSPS) is 15.6. The monoisotopic (exact) mass is 373 g/mol. The summed E-state index contributed by atoms with van der Waals surface area (Å²) in [7, 11) is 2.97. The number of nitrogens with one attached hydrogen (secondary N) is 1. The van der Waals surface area contributed by atoms with E-state index in [0.29, 0.717) is 12.1 Å². The number of rotatable bonds is 5. The van der Waals surface area contributed by atoms with Crippen LogP contribution in [-0.2, 0) is 14.1 Å². The predicted octanol–water partition coefficient (Wildman–Crippen LogP) is 0.628. The van der Waals surface area contributed by atoms with Gasteiger partial charge in [0.05, 0.1) is 10.9 Å². The average Bonchev–Trinajstić information content (AvgIpc) is 2.96. The molecule has 8 heteroatoms. The van der Waals surface area contributed by atoms with E-state index in [0.717, 1.165) is 30.6 Å². The van der Waals surface area contributed by atoms with Gasteiger partial charge in [0.25, 0.3) is 11.5 Å². The van der Waals surface area contributed by atoms with Crippen LogP contribution in [0.1, 0.15) is 42.5 Å². The number of likely N-dealkylation sites (tertiary alicyclic amines) is 1. The second-order valence-corrected chi connectivity index (χ2v) is 7.17. The van der Waals surface area contributed by atoms with Crippen molar-refractivity contribution >= 4 is 16.9 Å². The Hall–Kier alpha value is -2.48. The topological polar surface area (TPSA) is 89.2 Å². The molecule has 1 amide bonds. The lowest BCUT2D eigenvalue weighted by Crippen LogP contribution is -2.37. The van der Waals surface area contributed by atoms with Gasteiger partial charge in [0.1, 0.15) is 5.65 Å². The molecule has 1 aliphatic heterocycles. The van der Waals surface area contributed by atoms with Gasteiger partial charge in [-0.2, -0.15) is 0 Å². The van der Waals surface area contributed by atoms with E-state index in [1.165, 1.54) is 49.6 Å². The number of pyridine rings is 1. The second-order valence-electron chi connectivity index (χ2n) is 7.17. The van der Waals surface area contributed by atoms with E-state index in [1.807, 2.05) is 0 Å². The van der Waals surface area contributed by atoms with Gasteiger partial charge in [0, 0.05) is 26.8 Å². The van der Waals surface area contributed by atoms with E-state index >= 15 is 0 Å². The quantitative estimate of drug-likeness (QED) is 0.777. The van der Waals surface area contributed by atoms with E-state index in [2.05, 4.69) is 15.2 Å². The lowest BCUT2D eigenvalue weighted by molar-refractivity contribution is 0.0951. The zero-order valence-corrected chi connectivity index (χ0v) is 16.0. The Morgan fingerprint density at radius 1 is 1.11 bits per heavy atom. The van der Waals surface area contributed by atoms with Crippen LogP contribution in [0.4, 0.5) is 0 Å². The SMILES string of the molecule is Cn1c(=O)c2cc(C(=O)NCCCN3CCCCCC3)cnc2n(C)c1=O. The number of aromatic nitrogens is 3. The molecule has 3 heterocycles.